The van der Waals surface area contributed by atoms with Gasteiger partial charge >= 0.3 is 0 Å². The number of nitrogens with zero attached hydrogens (tertiary/aromatic N) is 3. The van der Waals surface area contributed by atoms with Gasteiger partial charge in [0.2, 0.25) is 5.91 Å². The highest BCUT2D eigenvalue weighted by Crippen LogP contribution is 2.34. The first-order valence-electron chi connectivity index (χ1n) is 9.56. The van der Waals surface area contributed by atoms with Crippen molar-refractivity contribution in [2.45, 2.75) is 45.6 Å². The van der Waals surface area contributed by atoms with E-state index in [2.05, 4.69) is 48.7 Å². The third kappa shape index (κ3) is 2.79. The zero-order valence-corrected chi connectivity index (χ0v) is 15.5. The van der Waals surface area contributed by atoms with Crippen LogP contribution in [0.1, 0.15) is 44.0 Å². The Morgan fingerprint density at radius 1 is 1.08 bits per heavy atom. The molecule has 134 valence electrons. The van der Waals surface area contributed by atoms with Gasteiger partial charge in [0.25, 0.3) is 0 Å². The summed E-state index contributed by atoms with van der Waals surface area (Å²) in [6, 6.07) is 16.5. The lowest BCUT2D eigenvalue weighted by Gasteiger charge is -2.20. The summed E-state index contributed by atoms with van der Waals surface area (Å²) in [7, 11) is 0. The first-order chi connectivity index (χ1) is 12.7. The molecule has 1 aromatic heterocycles. The Hall–Kier alpha value is -2.62. The summed E-state index contributed by atoms with van der Waals surface area (Å²) in [6.45, 7) is 5.97. The van der Waals surface area contributed by atoms with E-state index in [1.54, 1.807) is 0 Å². The van der Waals surface area contributed by atoms with Gasteiger partial charge < -0.3 is 9.47 Å². The van der Waals surface area contributed by atoms with Gasteiger partial charge in [-0.1, -0.05) is 44.2 Å². The van der Waals surface area contributed by atoms with E-state index in [1.165, 1.54) is 11.1 Å². The molecule has 1 amide bonds. The van der Waals surface area contributed by atoms with Crippen LogP contribution in [0.5, 0.6) is 0 Å². The van der Waals surface area contributed by atoms with Gasteiger partial charge in [0.1, 0.15) is 5.82 Å². The molecule has 1 fully saturated rings. The molecule has 4 rings (SSSR count). The van der Waals surface area contributed by atoms with Crippen LogP contribution in [0.2, 0.25) is 0 Å². The zero-order chi connectivity index (χ0) is 18.1. The molecule has 1 saturated heterocycles. The minimum absolute atomic E-state index is 0.145. The van der Waals surface area contributed by atoms with Crippen LogP contribution in [0.15, 0.2) is 48.5 Å². The number of para-hydroxylation sites is 3. The standard InChI is InChI=1S/C22H25N3O/c1-3-13-24-20-12-8-6-10-18(20)23-22(24)17-14-21(26)25(15-17)19-11-7-5-9-16(19)4-2/h5-12,17H,3-4,13-15H2,1-2H3/t17-/m0/s1. The topological polar surface area (TPSA) is 38.1 Å². The van der Waals surface area contributed by atoms with Crippen molar-refractivity contribution in [1.82, 2.24) is 9.55 Å². The number of fused-ring (bicyclic) bond motifs is 1. The Morgan fingerprint density at radius 3 is 2.65 bits per heavy atom. The fourth-order valence-corrected chi connectivity index (χ4v) is 4.05. The molecule has 2 aromatic carbocycles. The van der Waals surface area contributed by atoms with E-state index in [-0.39, 0.29) is 11.8 Å². The minimum Gasteiger partial charge on any atom is -0.328 e. The van der Waals surface area contributed by atoms with Gasteiger partial charge in [-0.05, 0) is 36.6 Å². The van der Waals surface area contributed by atoms with Crippen LogP contribution >= 0.6 is 0 Å². The quantitative estimate of drug-likeness (QED) is 0.680. The largest absolute Gasteiger partial charge is 0.328 e. The molecule has 0 N–H and O–H groups in total. The highest BCUT2D eigenvalue weighted by Gasteiger charge is 2.35. The van der Waals surface area contributed by atoms with Crippen molar-refractivity contribution in [2.24, 2.45) is 0 Å². The smallest absolute Gasteiger partial charge is 0.227 e. The number of amides is 1. The van der Waals surface area contributed by atoms with Gasteiger partial charge in [0.15, 0.2) is 0 Å². The lowest BCUT2D eigenvalue weighted by molar-refractivity contribution is -0.117. The summed E-state index contributed by atoms with van der Waals surface area (Å²) in [5.74, 6) is 1.40. The number of carbonyl (C=O) groups excluding carboxylic acids is 1. The summed E-state index contributed by atoms with van der Waals surface area (Å²) in [5.41, 5.74) is 4.48. The molecule has 0 unspecified atom stereocenters. The molecule has 0 saturated carbocycles. The molecular weight excluding hydrogens is 322 g/mol. The molecule has 4 nitrogen and oxygen atoms in total. The van der Waals surface area contributed by atoms with Crippen LogP contribution in [-0.4, -0.2) is 22.0 Å². The van der Waals surface area contributed by atoms with E-state index in [0.29, 0.717) is 13.0 Å². The van der Waals surface area contributed by atoms with E-state index in [1.807, 2.05) is 23.1 Å². The van der Waals surface area contributed by atoms with Crippen LogP contribution in [0.4, 0.5) is 5.69 Å². The van der Waals surface area contributed by atoms with Gasteiger partial charge in [-0.3, -0.25) is 4.79 Å². The molecule has 1 aliphatic heterocycles. The fraction of sp³-hybridized carbons (Fsp3) is 0.364. The minimum atomic E-state index is 0.145. The van der Waals surface area contributed by atoms with Crippen LogP contribution in [0, 0.1) is 0 Å². The Kier molecular flexibility index (Phi) is 4.49. The summed E-state index contributed by atoms with van der Waals surface area (Å²) < 4.78 is 2.31. The van der Waals surface area contributed by atoms with E-state index >= 15 is 0 Å². The van der Waals surface area contributed by atoms with Crippen molar-refractivity contribution in [3.63, 3.8) is 0 Å². The number of anilines is 1. The normalized spacial score (nSPS) is 17.4. The highest BCUT2D eigenvalue weighted by atomic mass is 16.2. The lowest BCUT2D eigenvalue weighted by Crippen LogP contribution is -2.25. The van der Waals surface area contributed by atoms with Crippen molar-refractivity contribution in [3.05, 3.63) is 59.9 Å². The zero-order valence-electron chi connectivity index (χ0n) is 15.5. The maximum absolute atomic E-state index is 12.8. The second kappa shape index (κ2) is 6.94. The monoisotopic (exact) mass is 347 g/mol. The second-order valence-corrected chi connectivity index (χ2v) is 7.00. The van der Waals surface area contributed by atoms with Crippen molar-refractivity contribution < 1.29 is 4.79 Å². The average Bonchev–Trinajstić information content (AvgIpc) is 3.23. The second-order valence-electron chi connectivity index (χ2n) is 7.00. The van der Waals surface area contributed by atoms with E-state index in [4.69, 9.17) is 4.98 Å². The summed E-state index contributed by atoms with van der Waals surface area (Å²) >= 11 is 0. The van der Waals surface area contributed by atoms with Crippen LogP contribution in [-0.2, 0) is 17.8 Å². The highest BCUT2D eigenvalue weighted by molar-refractivity contribution is 5.97. The molecule has 26 heavy (non-hydrogen) atoms. The van der Waals surface area contributed by atoms with Gasteiger partial charge in [0, 0.05) is 31.1 Å². The molecule has 3 aromatic rings. The predicted octanol–water partition coefficient (Wildman–Crippen LogP) is 4.53. The van der Waals surface area contributed by atoms with Gasteiger partial charge in [0.05, 0.1) is 11.0 Å². The Balaban J connectivity index is 1.71. The molecule has 0 bridgehead atoms. The van der Waals surface area contributed by atoms with Crippen molar-refractivity contribution >= 4 is 22.6 Å². The Labute approximate surface area is 154 Å². The number of benzene rings is 2. The Bertz CT molecular complexity index is 943. The van der Waals surface area contributed by atoms with Crippen LogP contribution < -0.4 is 4.90 Å². The molecular formula is C22H25N3O. The summed E-state index contributed by atoms with van der Waals surface area (Å²) in [6.07, 6.45) is 2.51. The fourth-order valence-electron chi connectivity index (χ4n) is 4.05. The van der Waals surface area contributed by atoms with Crippen LogP contribution in [0.25, 0.3) is 11.0 Å². The molecule has 4 heteroatoms. The van der Waals surface area contributed by atoms with E-state index in [0.717, 1.165) is 36.4 Å². The van der Waals surface area contributed by atoms with E-state index in [9.17, 15) is 4.79 Å². The number of aromatic nitrogens is 2. The summed E-state index contributed by atoms with van der Waals surface area (Å²) in [4.78, 5) is 19.7. The Morgan fingerprint density at radius 2 is 1.85 bits per heavy atom. The average molecular weight is 347 g/mol. The number of carbonyl (C=O) groups is 1. The van der Waals surface area contributed by atoms with Crippen LogP contribution in [0.3, 0.4) is 0 Å². The maximum atomic E-state index is 12.8. The maximum Gasteiger partial charge on any atom is 0.227 e. The predicted molar refractivity (Wildman–Crippen MR) is 106 cm³/mol. The number of hydrogen-bond acceptors (Lipinski definition) is 2. The number of rotatable bonds is 5. The first-order valence-corrected chi connectivity index (χ1v) is 9.56. The third-order valence-electron chi connectivity index (χ3n) is 5.28. The molecule has 0 radical (unpaired) electrons. The van der Waals surface area contributed by atoms with Gasteiger partial charge in [-0.2, -0.15) is 0 Å². The molecule has 2 heterocycles. The SMILES string of the molecule is CCCn1c([C@H]2CC(=O)N(c3ccccc3CC)C2)nc2ccccc21. The molecule has 0 spiro atoms. The summed E-state index contributed by atoms with van der Waals surface area (Å²) in [5, 5.41) is 0. The third-order valence-corrected chi connectivity index (χ3v) is 5.28. The number of imidazole rings is 1. The van der Waals surface area contributed by atoms with E-state index < -0.39 is 0 Å². The van der Waals surface area contributed by atoms with Crippen molar-refractivity contribution in [1.29, 1.82) is 0 Å². The first kappa shape index (κ1) is 16.8. The van der Waals surface area contributed by atoms with Crippen molar-refractivity contribution in [3.8, 4) is 0 Å². The number of hydrogen-bond donors (Lipinski definition) is 0. The molecule has 1 atom stereocenters. The van der Waals surface area contributed by atoms with Crippen molar-refractivity contribution in [2.75, 3.05) is 11.4 Å². The molecule has 1 aliphatic rings. The lowest BCUT2D eigenvalue weighted by atomic mass is 10.1. The van der Waals surface area contributed by atoms with Gasteiger partial charge in [-0.25, -0.2) is 4.98 Å². The van der Waals surface area contributed by atoms with Gasteiger partial charge in [-0.15, -0.1) is 0 Å². The molecule has 0 aliphatic carbocycles. The number of aryl methyl sites for hydroxylation is 2.